The topological polar surface area (TPSA) is 70.4 Å². The Balaban J connectivity index is 1.75. The maximum Gasteiger partial charge on any atom is 0.217 e. The first kappa shape index (κ1) is 15.5. The fraction of sp³-hybridized carbons (Fsp3) is 0.375. The lowest BCUT2D eigenvalue weighted by molar-refractivity contribution is -0.119. The number of benzene rings is 1. The summed E-state index contributed by atoms with van der Waals surface area (Å²) in [6.07, 6.45) is 0. The van der Waals surface area contributed by atoms with Crippen molar-refractivity contribution in [2.75, 3.05) is 31.1 Å². The lowest BCUT2D eigenvalue weighted by atomic mass is 10.1. The third-order valence-electron chi connectivity index (χ3n) is 3.77. The van der Waals surface area contributed by atoms with Crippen molar-refractivity contribution in [3.05, 3.63) is 35.8 Å². The van der Waals surface area contributed by atoms with E-state index in [0.29, 0.717) is 22.7 Å². The van der Waals surface area contributed by atoms with Gasteiger partial charge in [-0.3, -0.25) is 4.79 Å². The SMILES string of the molecule is CC(=O)NCc1cc(-c2ccc(N3CCNCC3)c(F)c2)no1. The van der Waals surface area contributed by atoms with Gasteiger partial charge in [-0.2, -0.15) is 0 Å². The zero-order valence-electron chi connectivity index (χ0n) is 12.9. The first-order chi connectivity index (χ1) is 11.1. The molecule has 6 nitrogen and oxygen atoms in total. The van der Waals surface area contributed by atoms with Gasteiger partial charge in [-0.15, -0.1) is 0 Å². The van der Waals surface area contributed by atoms with Crippen LogP contribution < -0.4 is 15.5 Å². The molecule has 0 aliphatic carbocycles. The number of amides is 1. The van der Waals surface area contributed by atoms with Gasteiger partial charge in [0.25, 0.3) is 0 Å². The van der Waals surface area contributed by atoms with Crippen LogP contribution in [-0.2, 0) is 11.3 Å². The second-order valence-electron chi connectivity index (χ2n) is 5.49. The standard InChI is InChI=1S/C16H19FN4O2/c1-11(22)19-10-13-9-15(20-23-13)12-2-3-16(14(17)8-12)21-6-4-18-5-7-21/h2-3,8-9,18H,4-7,10H2,1H3,(H,19,22). The van der Waals surface area contributed by atoms with E-state index >= 15 is 0 Å². The molecule has 2 N–H and O–H groups in total. The third kappa shape index (κ3) is 3.68. The molecule has 1 aromatic carbocycles. The number of carbonyl (C=O) groups is 1. The molecule has 1 amide bonds. The maximum atomic E-state index is 14.4. The lowest BCUT2D eigenvalue weighted by Crippen LogP contribution is -2.43. The van der Waals surface area contributed by atoms with E-state index in [0.717, 1.165) is 26.2 Å². The first-order valence-electron chi connectivity index (χ1n) is 7.59. The summed E-state index contributed by atoms with van der Waals surface area (Å²) in [6, 6.07) is 6.78. The molecule has 1 fully saturated rings. The number of nitrogens with one attached hydrogen (secondary N) is 2. The van der Waals surface area contributed by atoms with E-state index in [9.17, 15) is 9.18 Å². The molecular formula is C16H19FN4O2. The number of rotatable bonds is 4. The van der Waals surface area contributed by atoms with E-state index in [1.807, 2.05) is 11.0 Å². The van der Waals surface area contributed by atoms with Crippen molar-refractivity contribution in [3.63, 3.8) is 0 Å². The molecule has 2 heterocycles. The Morgan fingerprint density at radius 3 is 2.87 bits per heavy atom. The Labute approximate surface area is 133 Å². The molecule has 23 heavy (non-hydrogen) atoms. The summed E-state index contributed by atoms with van der Waals surface area (Å²) >= 11 is 0. The predicted molar refractivity (Wildman–Crippen MR) is 84.5 cm³/mol. The monoisotopic (exact) mass is 318 g/mol. The quantitative estimate of drug-likeness (QED) is 0.894. The van der Waals surface area contributed by atoms with Crippen LogP contribution in [0.1, 0.15) is 12.7 Å². The fourth-order valence-corrected chi connectivity index (χ4v) is 2.57. The summed E-state index contributed by atoms with van der Waals surface area (Å²) in [6.45, 7) is 5.00. The number of nitrogens with zero attached hydrogens (tertiary/aromatic N) is 2. The third-order valence-corrected chi connectivity index (χ3v) is 3.77. The second-order valence-corrected chi connectivity index (χ2v) is 5.49. The van der Waals surface area contributed by atoms with Gasteiger partial charge in [0.2, 0.25) is 5.91 Å². The molecule has 1 saturated heterocycles. The molecule has 0 saturated carbocycles. The number of piperazine rings is 1. The van der Waals surface area contributed by atoms with E-state index in [4.69, 9.17) is 4.52 Å². The summed E-state index contributed by atoms with van der Waals surface area (Å²) < 4.78 is 19.6. The number of carbonyl (C=O) groups excluding carboxylic acids is 1. The highest BCUT2D eigenvalue weighted by molar-refractivity contribution is 5.72. The normalized spacial score (nSPS) is 14.8. The van der Waals surface area contributed by atoms with Crippen molar-refractivity contribution in [3.8, 4) is 11.3 Å². The maximum absolute atomic E-state index is 14.4. The number of hydrogen-bond acceptors (Lipinski definition) is 5. The van der Waals surface area contributed by atoms with Crippen LogP contribution in [-0.4, -0.2) is 37.2 Å². The molecule has 1 aromatic heterocycles. The Kier molecular flexibility index (Phi) is 4.57. The molecule has 2 aromatic rings. The van der Waals surface area contributed by atoms with Crippen molar-refractivity contribution in [2.24, 2.45) is 0 Å². The van der Waals surface area contributed by atoms with Gasteiger partial charge in [0, 0.05) is 44.7 Å². The van der Waals surface area contributed by atoms with Crippen molar-refractivity contribution in [1.29, 1.82) is 0 Å². The van der Waals surface area contributed by atoms with Crippen LogP contribution in [0.25, 0.3) is 11.3 Å². The van der Waals surface area contributed by atoms with Crippen molar-refractivity contribution in [2.45, 2.75) is 13.5 Å². The molecule has 3 rings (SSSR count). The molecule has 1 aliphatic heterocycles. The Hall–Kier alpha value is -2.41. The van der Waals surface area contributed by atoms with Crippen LogP contribution in [0.5, 0.6) is 0 Å². The summed E-state index contributed by atoms with van der Waals surface area (Å²) in [5.74, 6) is 0.118. The minimum absolute atomic E-state index is 0.144. The van der Waals surface area contributed by atoms with Gasteiger partial charge in [0.05, 0.1) is 12.2 Å². The van der Waals surface area contributed by atoms with Crippen LogP contribution in [0, 0.1) is 5.82 Å². The van der Waals surface area contributed by atoms with Crippen LogP contribution in [0.4, 0.5) is 10.1 Å². The number of halogens is 1. The number of aromatic nitrogens is 1. The Bertz CT molecular complexity index is 695. The molecule has 0 spiro atoms. The average Bonchev–Trinajstić information content (AvgIpc) is 3.02. The molecule has 1 aliphatic rings. The highest BCUT2D eigenvalue weighted by atomic mass is 19.1. The highest BCUT2D eigenvalue weighted by Gasteiger charge is 2.16. The van der Waals surface area contributed by atoms with Gasteiger partial charge in [-0.05, 0) is 12.1 Å². The van der Waals surface area contributed by atoms with Crippen molar-refractivity contribution in [1.82, 2.24) is 15.8 Å². The van der Waals surface area contributed by atoms with Gasteiger partial charge >= 0.3 is 0 Å². The van der Waals surface area contributed by atoms with Gasteiger partial charge in [0.15, 0.2) is 5.76 Å². The van der Waals surface area contributed by atoms with E-state index in [1.165, 1.54) is 13.0 Å². The van der Waals surface area contributed by atoms with Crippen LogP contribution in [0.2, 0.25) is 0 Å². The Morgan fingerprint density at radius 2 is 2.17 bits per heavy atom. The molecule has 0 bridgehead atoms. The minimum atomic E-state index is -0.268. The van der Waals surface area contributed by atoms with Crippen molar-refractivity contribution >= 4 is 11.6 Å². The molecule has 0 atom stereocenters. The van der Waals surface area contributed by atoms with Gasteiger partial charge < -0.3 is 20.1 Å². The van der Waals surface area contributed by atoms with E-state index in [1.54, 1.807) is 12.1 Å². The number of hydrogen-bond donors (Lipinski definition) is 2. The molecule has 0 unspecified atom stereocenters. The summed E-state index contributed by atoms with van der Waals surface area (Å²) in [7, 11) is 0. The molecule has 122 valence electrons. The van der Waals surface area contributed by atoms with Gasteiger partial charge in [-0.25, -0.2) is 4.39 Å². The first-order valence-corrected chi connectivity index (χ1v) is 7.59. The van der Waals surface area contributed by atoms with E-state index in [-0.39, 0.29) is 18.3 Å². The average molecular weight is 318 g/mol. The Morgan fingerprint density at radius 1 is 1.39 bits per heavy atom. The summed E-state index contributed by atoms with van der Waals surface area (Å²) in [5.41, 5.74) is 1.81. The molecular weight excluding hydrogens is 299 g/mol. The highest BCUT2D eigenvalue weighted by Crippen LogP contribution is 2.26. The van der Waals surface area contributed by atoms with E-state index < -0.39 is 0 Å². The molecule has 7 heteroatoms. The van der Waals surface area contributed by atoms with Crippen molar-refractivity contribution < 1.29 is 13.7 Å². The zero-order valence-corrected chi connectivity index (χ0v) is 12.9. The lowest BCUT2D eigenvalue weighted by Gasteiger charge is -2.29. The van der Waals surface area contributed by atoms with Gasteiger partial charge in [0.1, 0.15) is 11.5 Å². The largest absolute Gasteiger partial charge is 0.367 e. The van der Waals surface area contributed by atoms with E-state index in [2.05, 4.69) is 15.8 Å². The summed E-state index contributed by atoms with van der Waals surface area (Å²) in [5, 5.41) is 9.81. The van der Waals surface area contributed by atoms with Gasteiger partial charge in [-0.1, -0.05) is 11.2 Å². The smallest absolute Gasteiger partial charge is 0.217 e. The fourth-order valence-electron chi connectivity index (χ4n) is 2.57. The second kappa shape index (κ2) is 6.78. The molecule has 0 radical (unpaired) electrons. The minimum Gasteiger partial charge on any atom is -0.367 e. The van der Waals surface area contributed by atoms with Crippen LogP contribution in [0.3, 0.4) is 0 Å². The summed E-state index contributed by atoms with van der Waals surface area (Å²) in [4.78, 5) is 12.9. The predicted octanol–water partition coefficient (Wildman–Crippen LogP) is 1.53. The zero-order chi connectivity index (χ0) is 16.2. The number of anilines is 1. The van der Waals surface area contributed by atoms with Crippen LogP contribution in [0.15, 0.2) is 28.8 Å². The van der Waals surface area contributed by atoms with Crippen LogP contribution >= 0.6 is 0 Å².